The Morgan fingerprint density at radius 1 is 1.10 bits per heavy atom. The van der Waals surface area contributed by atoms with Crippen LogP contribution in [0.15, 0.2) is 53.4 Å². The van der Waals surface area contributed by atoms with Crippen LogP contribution < -0.4 is 9.46 Å². The minimum Gasteiger partial charge on any atom is -0.478 e. The fourth-order valence-electron chi connectivity index (χ4n) is 3.32. The number of nitrogens with zero attached hydrogens (tertiary/aromatic N) is 1. The number of ether oxygens (including phenoxy) is 1. The Morgan fingerprint density at radius 3 is 2.23 bits per heavy atom. The zero-order valence-corrected chi connectivity index (χ0v) is 18.3. The maximum Gasteiger partial charge on any atom is 0.266 e. The molecule has 0 aromatic heterocycles. The Kier molecular flexibility index (Phi) is 6.69. The van der Waals surface area contributed by atoms with Gasteiger partial charge in [0.2, 0.25) is 10.0 Å². The maximum atomic E-state index is 13.0. The molecule has 0 aliphatic carbocycles. The van der Waals surface area contributed by atoms with Gasteiger partial charge in [0.25, 0.3) is 5.91 Å². The molecule has 0 saturated carbocycles. The lowest BCUT2D eigenvalue weighted by atomic mass is 10.0. The van der Waals surface area contributed by atoms with E-state index in [9.17, 15) is 17.6 Å². The van der Waals surface area contributed by atoms with E-state index in [1.807, 2.05) is 0 Å². The molecule has 6 nitrogen and oxygen atoms in total. The van der Waals surface area contributed by atoms with Gasteiger partial charge in [0.05, 0.1) is 4.90 Å². The van der Waals surface area contributed by atoms with E-state index in [1.165, 1.54) is 12.1 Å². The van der Waals surface area contributed by atoms with Gasteiger partial charge < -0.3 is 9.64 Å². The molecule has 3 rings (SSSR count). The number of benzene rings is 2. The van der Waals surface area contributed by atoms with Gasteiger partial charge in [-0.05, 0) is 75.2 Å². The first-order valence-corrected chi connectivity index (χ1v) is 11.4. The van der Waals surface area contributed by atoms with Gasteiger partial charge in [0, 0.05) is 24.2 Å². The van der Waals surface area contributed by atoms with Crippen molar-refractivity contribution in [1.82, 2.24) is 9.62 Å². The second kappa shape index (κ2) is 8.91. The van der Waals surface area contributed by atoms with E-state index >= 15 is 0 Å². The third-order valence-corrected chi connectivity index (χ3v) is 6.72. The quantitative estimate of drug-likeness (QED) is 0.723. The molecular formula is C21H24ClFN2O4S. The number of likely N-dealkylation sites (tertiary alicyclic amines) is 1. The Labute approximate surface area is 181 Å². The van der Waals surface area contributed by atoms with Crippen molar-refractivity contribution in [2.45, 2.75) is 43.2 Å². The highest BCUT2D eigenvalue weighted by atomic mass is 35.5. The van der Waals surface area contributed by atoms with Crippen LogP contribution in [0.1, 0.15) is 26.7 Å². The first-order chi connectivity index (χ1) is 14.1. The van der Waals surface area contributed by atoms with Gasteiger partial charge in [-0.25, -0.2) is 17.5 Å². The number of halogens is 2. The summed E-state index contributed by atoms with van der Waals surface area (Å²) in [5.74, 6) is -0.124. The molecule has 0 bridgehead atoms. The summed E-state index contributed by atoms with van der Waals surface area (Å²) in [4.78, 5) is 14.6. The third-order valence-electron chi connectivity index (χ3n) is 4.93. The lowest BCUT2D eigenvalue weighted by molar-refractivity contribution is -0.146. The molecule has 0 radical (unpaired) electrons. The van der Waals surface area contributed by atoms with E-state index in [4.69, 9.17) is 16.3 Å². The summed E-state index contributed by atoms with van der Waals surface area (Å²) in [7, 11) is -3.74. The second-order valence-electron chi connectivity index (χ2n) is 7.71. The SMILES string of the molecule is CC(C)(Oc1ccc(Cl)cc1)C(=O)N1CCC(NS(=O)(=O)c2ccc(F)cc2)CC1. The van der Waals surface area contributed by atoms with Crippen molar-refractivity contribution >= 4 is 27.5 Å². The number of sulfonamides is 1. The summed E-state index contributed by atoms with van der Waals surface area (Å²) in [5, 5.41) is 0.580. The van der Waals surface area contributed by atoms with Gasteiger partial charge in [-0.3, -0.25) is 4.79 Å². The highest BCUT2D eigenvalue weighted by Gasteiger charge is 2.36. The minimum absolute atomic E-state index is 0.0138. The molecule has 1 heterocycles. The molecule has 0 spiro atoms. The molecule has 0 unspecified atom stereocenters. The van der Waals surface area contributed by atoms with Crippen LogP contribution in [0, 0.1) is 5.82 Å². The van der Waals surface area contributed by atoms with Gasteiger partial charge in [-0.1, -0.05) is 11.6 Å². The van der Waals surface area contributed by atoms with Crippen LogP contribution in [0.5, 0.6) is 5.75 Å². The first-order valence-electron chi connectivity index (χ1n) is 9.59. The van der Waals surface area contributed by atoms with Gasteiger partial charge in [-0.2, -0.15) is 0 Å². The summed E-state index contributed by atoms with van der Waals surface area (Å²) in [5.41, 5.74) is -1.08. The van der Waals surface area contributed by atoms with E-state index in [-0.39, 0.29) is 16.8 Å². The Balaban J connectivity index is 1.57. The van der Waals surface area contributed by atoms with Crippen molar-refractivity contribution < 1.29 is 22.3 Å². The highest BCUT2D eigenvalue weighted by molar-refractivity contribution is 7.89. The lowest BCUT2D eigenvalue weighted by Gasteiger charge is -2.37. The van der Waals surface area contributed by atoms with Gasteiger partial charge in [-0.15, -0.1) is 0 Å². The number of nitrogens with one attached hydrogen (secondary N) is 1. The van der Waals surface area contributed by atoms with E-state index < -0.39 is 21.4 Å². The van der Waals surface area contributed by atoms with Crippen molar-refractivity contribution in [3.63, 3.8) is 0 Å². The van der Waals surface area contributed by atoms with E-state index in [0.717, 1.165) is 12.1 Å². The molecule has 2 aromatic rings. The molecule has 9 heteroatoms. The Morgan fingerprint density at radius 2 is 1.67 bits per heavy atom. The highest BCUT2D eigenvalue weighted by Crippen LogP contribution is 2.24. The predicted molar refractivity (Wildman–Crippen MR) is 112 cm³/mol. The molecule has 30 heavy (non-hydrogen) atoms. The largest absolute Gasteiger partial charge is 0.478 e. The van der Waals surface area contributed by atoms with Crippen LogP contribution in [0.4, 0.5) is 4.39 Å². The molecule has 1 aliphatic rings. The molecule has 162 valence electrons. The number of rotatable bonds is 6. The average Bonchev–Trinajstić information content (AvgIpc) is 2.70. The standard InChI is InChI=1S/C21H24ClFN2O4S/c1-21(2,29-18-7-3-15(22)4-8-18)20(26)25-13-11-17(12-14-25)24-30(27,28)19-9-5-16(23)6-10-19/h3-10,17,24H,11-14H2,1-2H3. The van der Waals surface area contributed by atoms with Gasteiger partial charge >= 0.3 is 0 Å². The summed E-state index contributed by atoms with van der Waals surface area (Å²) in [6, 6.07) is 11.2. The number of amides is 1. The molecule has 0 atom stereocenters. The normalized spacial score (nSPS) is 15.8. The Bertz CT molecular complexity index is 987. The van der Waals surface area contributed by atoms with Crippen LogP contribution in [0.2, 0.25) is 5.02 Å². The summed E-state index contributed by atoms with van der Waals surface area (Å²) < 4.78 is 46.5. The monoisotopic (exact) mass is 454 g/mol. The Hall–Kier alpha value is -2.16. The van der Waals surface area contributed by atoms with Crippen LogP contribution >= 0.6 is 11.6 Å². The fraction of sp³-hybridized carbons (Fsp3) is 0.381. The molecule has 1 N–H and O–H groups in total. The molecule has 1 amide bonds. The van der Waals surface area contributed by atoms with Crippen LogP contribution in [0.25, 0.3) is 0 Å². The van der Waals surface area contributed by atoms with Gasteiger partial charge in [0.15, 0.2) is 5.60 Å². The van der Waals surface area contributed by atoms with Crippen molar-refractivity contribution in [2.75, 3.05) is 13.1 Å². The number of carbonyl (C=O) groups excluding carboxylic acids is 1. The lowest BCUT2D eigenvalue weighted by Crippen LogP contribution is -2.53. The number of hydrogen-bond donors (Lipinski definition) is 1. The smallest absolute Gasteiger partial charge is 0.266 e. The number of carbonyl (C=O) groups is 1. The zero-order valence-electron chi connectivity index (χ0n) is 16.8. The summed E-state index contributed by atoms with van der Waals surface area (Å²) in [6.45, 7) is 4.21. The van der Waals surface area contributed by atoms with Crippen molar-refractivity contribution in [3.8, 4) is 5.75 Å². The number of piperidine rings is 1. The van der Waals surface area contributed by atoms with Crippen molar-refractivity contribution in [2.24, 2.45) is 0 Å². The average molecular weight is 455 g/mol. The molecule has 2 aromatic carbocycles. The topological polar surface area (TPSA) is 75.7 Å². The maximum absolute atomic E-state index is 13.0. The molecular weight excluding hydrogens is 431 g/mol. The van der Waals surface area contributed by atoms with Gasteiger partial charge in [0.1, 0.15) is 11.6 Å². The second-order valence-corrected chi connectivity index (χ2v) is 9.86. The number of hydrogen-bond acceptors (Lipinski definition) is 4. The molecule has 1 aliphatic heterocycles. The third kappa shape index (κ3) is 5.50. The van der Waals surface area contributed by atoms with E-state index in [1.54, 1.807) is 43.0 Å². The first kappa shape index (κ1) is 22.5. The fourth-order valence-corrected chi connectivity index (χ4v) is 4.75. The van der Waals surface area contributed by atoms with E-state index in [0.29, 0.717) is 36.7 Å². The molecule has 1 saturated heterocycles. The van der Waals surface area contributed by atoms with Crippen molar-refractivity contribution in [1.29, 1.82) is 0 Å². The predicted octanol–water partition coefficient (Wildman–Crippen LogP) is 3.61. The van der Waals surface area contributed by atoms with Crippen LogP contribution in [-0.4, -0.2) is 44.0 Å². The summed E-state index contributed by atoms with van der Waals surface area (Å²) >= 11 is 5.88. The van der Waals surface area contributed by atoms with Crippen molar-refractivity contribution in [3.05, 3.63) is 59.4 Å². The minimum atomic E-state index is -3.74. The van der Waals surface area contributed by atoms with Crippen LogP contribution in [0.3, 0.4) is 0 Å². The zero-order chi connectivity index (χ0) is 21.9. The van der Waals surface area contributed by atoms with Crippen LogP contribution in [-0.2, 0) is 14.8 Å². The van der Waals surface area contributed by atoms with E-state index in [2.05, 4.69) is 4.72 Å². The summed E-state index contributed by atoms with van der Waals surface area (Å²) in [6.07, 6.45) is 0.951. The molecule has 1 fully saturated rings.